The molecule has 1 aromatic heterocycles. The van der Waals surface area contributed by atoms with Gasteiger partial charge in [0.05, 0.1) is 5.39 Å². The molecule has 0 aliphatic carbocycles. The van der Waals surface area contributed by atoms with Crippen LogP contribution >= 0.6 is 0 Å². The van der Waals surface area contributed by atoms with E-state index in [0.717, 1.165) is 5.56 Å². The molecule has 3 heteroatoms. The Kier molecular flexibility index (Phi) is 3.32. The molecule has 3 aromatic rings. The fourth-order valence-electron chi connectivity index (χ4n) is 2.31. The minimum atomic E-state index is -0.416. The maximum absolute atomic E-state index is 12.3. The lowest BCUT2D eigenvalue weighted by Gasteiger charge is -2.07. The first kappa shape index (κ1) is 13.2. The van der Waals surface area contributed by atoms with Crippen molar-refractivity contribution in [3.05, 3.63) is 77.0 Å². The van der Waals surface area contributed by atoms with Crippen molar-refractivity contribution >= 4 is 11.0 Å². The number of fused-ring (bicyclic) bond motifs is 1. The first-order valence-corrected chi connectivity index (χ1v) is 6.65. The Balaban J connectivity index is 2.29. The van der Waals surface area contributed by atoms with Crippen LogP contribution in [0.15, 0.2) is 70.4 Å². The highest BCUT2D eigenvalue weighted by molar-refractivity contribution is 5.82. The molecule has 0 fully saturated rings. The molecular weight excluding hydrogens is 264 g/mol. The summed E-state index contributed by atoms with van der Waals surface area (Å²) in [6.45, 7) is 3.70. The smallest absolute Gasteiger partial charge is 0.235 e. The molecule has 3 nitrogen and oxygen atoms in total. The number of aromatic hydroxyl groups is 1. The van der Waals surface area contributed by atoms with Gasteiger partial charge in [0.2, 0.25) is 11.2 Å². The van der Waals surface area contributed by atoms with E-state index in [4.69, 9.17) is 4.42 Å². The highest BCUT2D eigenvalue weighted by atomic mass is 16.4. The quantitative estimate of drug-likeness (QED) is 0.739. The van der Waals surface area contributed by atoms with E-state index in [1.54, 1.807) is 24.3 Å². The van der Waals surface area contributed by atoms with Crippen molar-refractivity contribution in [3.8, 4) is 17.1 Å². The zero-order chi connectivity index (χ0) is 14.8. The summed E-state index contributed by atoms with van der Waals surface area (Å²) in [5.41, 5.74) is 1.73. The van der Waals surface area contributed by atoms with Crippen molar-refractivity contribution in [1.82, 2.24) is 0 Å². The lowest BCUT2D eigenvalue weighted by molar-refractivity contribution is 0.449. The molecule has 1 heterocycles. The summed E-state index contributed by atoms with van der Waals surface area (Å²) in [7, 11) is 0. The van der Waals surface area contributed by atoms with Gasteiger partial charge in [0.1, 0.15) is 5.58 Å². The van der Waals surface area contributed by atoms with Gasteiger partial charge in [-0.15, -0.1) is 6.58 Å². The SMILES string of the molecule is C=CCc1ccc2c(=O)c(O)c(-c3ccccc3)oc2c1. The molecule has 3 rings (SSSR count). The monoisotopic (exact) mass is 278 g/mol. The van der Waals surface area contributed by atoms with Crippen molar-refractivity contribution in [1.29, 1.82) is 0 Å². The van der Waals surface area contributed by atoms with Crippen molar-refractivity contribution in [2.75, 3.05) is 0 Å². The Labute approximate surface area is 121 Å². The average molecular weight is 278 g/mol. The third-order valence-corrected chi connectivity index (χ3v) is 3.35. The van der Waals surface area contributed by atoms with Gasteiger partial charge < -0.3 is 9.52 Å². The van der Waals surface area contributed by atoms with Crippen LogP contribution in [0.1, 0.15) is 5.56 Å². The number of hydrogen-bond donors (Lipinski definition) is 1. The number of benzene rings is 2. The van der Waals surface area contributed by atoms with Crippen molar-refractivity contribution in [3.63, 3.8) is 0 Å². The van der Waals surface area contributed by atoms with E-state index < -0.39 is 5.43 Å². The van der Waals surface area contributed by atoms with E-state index in [2.05, 4.69) is 6.58 Å². The van der Waals surface area contributed by atoms with Crippen LogP contribution in [0.25, 0.3) is 22.3 Å². The second-order valence-electron chi connectivity index (χ2n) is 4.80. The summed E-state index contributed by atoms with van der Waals surface area (Å²) < 4.78 is 5.76. The predicted octanol–water partition coefficient (Wildman–Crippen LogP) is 3.89. The fraction of sp³-hybridized carbons (Fsp3) is 0.0556. The molecule has 0 amide bonds. The largest absolute Gasteiger partial charge is 0.502 e. The van der Waals surface area contributed by atoms with Gasteiger partial charge in [0.15, 0.2) is 5.76 Å². The van der Waals surface area contributed by atoms with Gasteiger partial charge in [0, 0.05) is 5.56 Å². The summed E-state index contributed by atoms with van der Waals surface area (Å²) in [4.78, 5) is 12.3. The maximum Gasteiger partial charge on any atom is 0.235 e. The summed E-state index contributed by atoms with van der Waals surface area (Å²) in [5.74, 6) is -0.158. The van der Waals surface area contributed by atoms with Crippen LogP contribution in [0, 0.1) is 0 Å². The minimum Gasteiger partial charge on any atom is -0.502 e. The Morgan fingerprint density at radius 3 is 2.62 bits per heavy atom. The van der Waals surface area contributed by atoms with E-state index in [-0.39, 0.29) is 11.5 Å². The van der Waals surface area contributed by atoms with Crippen LogP contribution in [-0.4, -0.2) is 5.11 Å². The Morgan fingerprint density at radius 1 is 1.14 bits per heavy atom. The second kappa shape index (κ2) is 5.29. The van der Waals surface area contributed by atoms with E-state index in [1.807, 2.05) is 30.3 Å². The average Bonchev–Trinajstić information content (AvgIpc) is 2.52. The molecular formula is C18H14O3. The minimum absolute atomic E-state index is 0.198. The van der Waals surface area contributed by atoms with Gasteiger partial charge >= 0.3 is 0 Å². The molecule has 0 bridgehead atoms. The summed E-state index contributed by atoms with van der Waals surface area (Å²) >= 11 is 0. The third-order valence-electron chi connectivity index (χ3n) is 3.35. The van der Waals surface area contributed by atoms with Crippen LogP contribution < -0.4 is 5.43 Å². The summed E-state index contributed by atoms with van der Waals surface area (Å²) in [6.07, 6.45) is 2.49. The topological polar surface area (TPSA) is 50.4 Å². The Bertz CT molecular complexity index is 861. The summed E-state index contributed by atoms with van der Waals surface area (Å²) in [5, 5.41) is 10.5. The van der Waals surface area contributed by atoms with Gasteiger partial charge in [-0.05, 0) is 24.1 Å². The highest BCUT2D eigenvalue weighted by Gasteiger charge is 2.15. The van der Waals surface area contributed by atoms with Gasteiger partial charge in [-0.1, -0.05) is 42.5 Å². The standard InChI is InChI=1S/C18H14O3/c1-2-6-12-9-10-14-15(11-12)21-18(17(20)16(14)19)13-7-4-3-5-8-13/h2-5,7-11,20H,1,6H2. The molecule has 0 aliphatic heterocycles. The first-order chi connectivity index (χ1) is 10.2. The second-order valence-corrected chi connectivity index (χ2v) is 4.80. The molecule has 2 aromatic carbocycles. The van der Waals surface area contributed by atoms with Crippen molar-refractivity contribution in [2.45, 2.75) is 6.42 Å². The molecule has 0 unspecified atom stereocenters. The highest BCUT2D eigenvalue weighted by Crippen LogP contribution is 2.30. The van der Waals surface area contributed by atoms with E-state index in [0.29, 0.717) is 23.0 Å². The van der Waals surface area contributed by atoms with Crippen LogP contribution in [0.4, 0.5) is 0 Å². The van der Waals surface area contributed by atoms with E-state index in [1.165, 1.54) is 0 Å². The Morgan fingerprint density at radius 2 is 1.90 bits per heavy atom. The molecule has 0 saturated heterocycles. The third kappa shape index (κ3) is 2.34. The van der Waals surface area contributed by atoms with Crippen LogP contribution in [0.2, 0.25) is 0 Å². The van der Waals surface area contributed by atoms with E-state index in [9.17, 15) is 9.90 Å². The molecule has 0 aliphatic rings. The molecule has 0 spiro atoms. The molecule has 0 atom stereocenters. The first-order valence-electron chi connectivity index (χ1n) is 6.65. The molecule has 0 saturated carbocycles. The van der Waals surface area contributed by atoms with Gasteiger partial charge in [-0.2, -0.15) is 0 Å². The molecule has 21 heavy (non-hydrogen) atoms. The van der Waals surface area contributed by atoms with E-state index >= 15 is 0 Å². The number of allylic oxidation sites excluding steroid dienone is 1. The van der Waals surface area contributed by atoms with Crippen LogP contribution in [0.5, 0.6) is 5.75 Å². The zero-order valence-electron chi connectivity index (χ0n) is 11.4. The van der Waals surface area contributed by atoms with Gasteiger partial charge in [-0.3, -0.25) is 4.79 Å². The van der Waals surface area contributed by atoms with Crippen molar-refractivity contribution < 1.29 is 9.52 Å². The Hall–Kier alpha value is -2.81. The fourth-order valence-corrected chi connectivity index (χ4v) is 2.31. The maximum atomic E-state index is 12.3. The van der Waals surface area contributed by atoms with Gasteiger partial charge in [-0.25, -0.2) is 0 Å². The van der Waals surface area contributed by atoms with Gasteiger partial charge in [0.25, 0.3) is 0 Å². The lowest BCUT2D eigenvalue weighted by atomic mass is 10.1. The van der Waals surface area contributed by atoms with Crippen LogP contribution in [0.3, 0.4) is 0 Å². The van der Waals surface area contributed by atoms with Crippen molar-refractivity contribution in [2.24, 2.45) is 0 Å². The molecule has 104 valence electrons. The molecule has 1 N–H and O–H groups in total. The predicted molar refractivity (Wildman–Crippen MR) is 83.5 cm³/mol. The lowest BCUT2D eigenvalue weighted by Crippen LogP contribution is -2.02. The summed E-state index contributed by atoms with van der Waals surface area (Å²) in [6, 6.07) is 14.4. The number of rotatable bonds is 3. The molecule has 0 radical (unpaired) electrons. The normalized spacial score (nSPS) is 10.7. The number of hydrogen-bond acceptors (Lipinski definition) is 3. The van der Waals surface area contributed by atoms with Crippen LogP contribution in [-0.2, 0) is 6.42 Å². The zero-order valence-corrected chi connectivity index (χ0v) is 11.4.